The summed E-state index contributed by atoms with van der Waals surface area (Å²) in [6.07, 6.45) is 2.09. The Morgan fingerprint density at radius 1 is 1.58 bits per heavy atom. The normalized spacial score (nSPS) is 14.1. The van der Waals surface area contributed by atoms with Crippen molar-refractivity contribution < 1.29 is 13.9 Å². The number of halogens is 1. The number of hydrogen-bond donors (Lipinski definition) is 2. The zero-order valence-electron chi connectivity index (χ0n) is 11.1. The maximum atomic E-state index is 13.4. The zero-order chi connectivity index (χ0) is 14.0. The van der Waals surface area contributed by atoms with Gasteiger partial charge in [-0.3, -0.25) is 4.79 Å². The quantitative estimate of drug-likeness (QED) is 0.785. The number of methoxy groups -OCH3 is 1. The third kappa shape index (κ3) is 3.27. The molecule has 0 unspecified atom stereocenters. The molecule has 104 valence electrons. The molecule has 0 spiro atoms. The van der Waals surface area contributed by atoms with E-state index in [4.69, 9.17) is 10.5 Å². The van der Waals surface area contributed by atoms with E-state index in [1.807, 2.05) is 0 Å². The number of anilines is 2. The first kappa shape index (κ1) is 13.5. The van der Waals surface area contributed by atoms with Crippen LogP contribution in [0.4, 0.5) is 15.8 Å². The van der Waals surface area contributed by atoms with Crippen molar-refractivity contribution in [2.75, 3.05) is 31.3 Å². The van der Waals surface area contributed by atoms with Crippen LogP contribution in [0.15, 0.2) is 12.1 Å². The van der Waals surface area contributed by atoms with Gasteiger partial charge in [-0.2, -0.15) is 0 Å². The van der Waals surface area contributed by atoms with Crippen molar-refractivity contribution in [1.82, 2.24) is 5.32 Å². The third-order valence-electron chi connectivity index (χ3n) is 3.04. The van der Waals surface area contributed by atoms with Crippen LogP contribution in [0.25, 0.3) is 0 Å². The number of benzene rings is 1. The Labute approximate surface area is 111 Å². The maximum Gasteiger partial charge on any atom is 0.239 e. The van der Waals surface area contributed by atoms with E-state index in [0.717, 1.165) is 12.8 Å². The first-order valence-corrected chi connectivity index (χ1v) is 6.14. The number of amides is 1. The Kier molecular flexibility index (Phi) is 3.78. The van der Waals surface area contributed by atoms with Gasteiger partial charge >= 0.3 is 0 Å². The summed E-state index contributed by atoms with van der Waals surface area (Å²) < 4.78 is 18.3. The Hall–Kier alpha value is -1.98. The second-order valence-electron chi connectivity index (χ2n) is 4.74. The number of rotatable bonds is 5. The molecule has 3 N–H and O–H groups in total. The van der Waals surface area contributed by atoms with Crippen molar-refractivity contribution in [3.63, 3.8) is 0 Å². The minimum absolute atomic E-state index is 0.0623. The van der Waals surface area contributed by atoms with Gasteiger partial charge < -0.3 is 20.7 Å². The molecule has 1 aromatic carbocycles. The lowest BCUT2D eigenvalue weighted by atomic mass is 10.2. The molecular weight excluding hydrogens is 249 g/mol. The van der Waals surface area contributed by atoms with E-state index in [-0.39, 0.29) is 23.9 Å². The average Bonchev–Trinajstić information content (AvgIpc) is 3.12. The van der Waals surface area contributed by atoms with Crippen LogP contribution in [0.3, 0.4) is 0 Å². The highest BCUT2D eigenvalue weighted by atomic mass is 19.1. The maximum absolute atomic E-state index is 13.4. The van der Waals surface area contributed by atoms with E-state index in [0.29, 0.717) is 11.7 Å². The molecule has 0 bridgehead atoms. The van der Waals surface area contributed by atoms with E-state index in [2.05, 4.69) is 5.32 Å². The first-order chi connectivity index (χ1) is 9.01. The lowest BCUT2D eigenvalue weighted by Crippen LogP contribution is -2.36. The van der Waals surface area contributed by atoms with Crippen LogP contribution in [0.5, 0.6) is 5.75 Å². The lowest BCUT2D eigenvalue weighted by Gasteiger charge is -2.21. The van der Waals surface area contributed by atoms with E-state index in [1.54, 1.807) is 11.9 Å². The highest BCUT2D eigenvalue weighted by Crippen LogP contribution is 2.30. The van der Waals surface area contributed by atoms with Crippen LogP contribution in [-0.4, -0.2) is 32.7 Å². The summed E-state index contributed by atoms with van der Waals surface area (Å²) in [6, 6.07) is 3.01. The molecule has 0 aliphatic heterocycles. The van der Waals surface area contributed by atoms with Gasteiger partial charge in [0.15, 0.2) is 11.6 Å². The van der Waals surface area contributed by atoms with Crippen molar-refractivity contribution in [3.05, 3.63) is 17.9 Å². The molecule has 0 heterocycles. The molecule has 0 atom stereocenters. The van der Waals surface area contributed by atoms with Gasteiger partial charge in [-0.1, -0.05) is 0 Å². The van der Waals surface area contributed by atoms with E-state index in [1.165, 1.54) is 19.2 Å². The van der Waals surface area contributed by atoms with Crippen LogP contribution in [0, 0.1) is 5.82 Å². The predicted molar refractivity (Wildman–Crippen MR) is 71.8 cm³/mol. The van der Waals surface area contributed by atoms with Gasteiger partial charge in [0.25, 0.3) is 0 Å². The van der Waals surface area contributed by atoms with E-state index >= 15 is 0 Å². The number of hydrogen-bond acceptors (Lipinski definition) is 4. The summed E-state index contributed by atoms with van der Waals surface area (Å²) in [5.41, 5.74) is 6.62. The molecule has 0 aromatic heterocycles. The summed E-state index contributed by atoms with van der Waals surface area (Å²) >= 11 is 0. The van der Waals surface area contributed by atoms with E-state index in [9.17, 15) is 9.18 Å². The Morgan fingerprint density at radius 2 is 2.26 bits per heavy atom. The van der Waals surface area contributed by atoms with Crippen molar-refractivity contribution in [2.24, 2.45) is 0 Å². The fourth-order valence-electron chi connectivity index (χ4n) is 1.85. The van der Waals surface area contributed by atoms with Gasteiger partial charge in [0.05, 0.1) is 25.0 Å². The summed E-state index contributed by atoms with van der Waals surface area (Å²) in [4.78, 5) is 13.4. The number of nitrogens with one attached hydrogen (secondary N) is 1. The van der Waals surface area contributed by atoms with Gasteiger partial charge in [-0.05, 0) is 12.8 Å². The zero-order valence-corrected chi connectivity index (χ0v) is 11.1. The van der Waals surface area contributed by atoms with Crippen molar-refractivity contribution in [1.29, 1.82) is 0 Å². The number of nitrogen functional groups attached to an aromatic ring is 1. The molecule has 19 heavy (non-hydrogen) atoms. The number of carbonyl (C=O) groups excluding carboxylic acids is 1. The molecule has 1 aliphatic carbocycles. The number of nitrogens with zero attached hydrogens (tertiary/aromatic N) is 1. The monoisotopic (exact) mass is 267 g/mol. The molecular formula is C13H18FN3O2. The second-order valence-corrected chi connectivity index (χ2v) is 4.74. The highest BCUT2D eigenvalue weighted by Gasteiger charge is 2.24. The average molecular weight is 267 g/mol. The molecule has 1 aromatic rings. The van der Waals surface area contributed by atoms with Gasteiger partial charge in [0.2, 0.25) is 5.91 Å². The van der Waals surface area contributed by atoms with Crippen molar-refractivity contribution in [2.45, 2.75) is 18.9 Å². The van der Waals surface area contributed by atoms with Gasteiger partial charge in [-0.15, -0.1) is 0 Å². The smallest absolute Gasteiger partial charge is 0.239 e. The Balaban J connectivity index is 2.08. The Morgan fingerprint density at radius 3 is 2.84 bits per heavy atom. The fourth-order valence-corrected chi connectivity index (χ4v) is 1.85. The van der Waals surface area contributed by atoms with Crippen LogP contribution >= 0.6 is 0 Å². The summed E-state index contributed by atoms with van der Waals surface area (Å²) in [6.45, 7) is 0.176. The SMILES string of the molecule is COc1cc(N(C)CC(=O)NC2CC2)c(N)cc1F. The molecule has 1 saturated carbocycles. The van der Waals surface area contributed by atoms with Crippen LogP contribution < -0.4 is 20.7 Å². The topological polar surface area (TPSA) is 67.6 Å². The number of nitrogens with two attached hydrogens (primary N) is 1. The van der Waals surface area contributed by atoms with Gasteiger partial charge in [0.1, 0.15) is 0 Å². The number of ether oxygens (including phenoxy) is 1. The third-order valence-corrected chi connectivity index (χ3v) is 3.04. The number of likely N-dealkylation sites (N-methyl/N-ethyl adjacent to an activating group) is 1. The molecule has 1 aliphatic rings. The molecule has 0 radical (unpaired) electrons. The minimum atomic E-state index is -0.514. The van der Waals surface area contributed by atoms with E-state index < -0.39 is 5.82 Å². The molecule has 0 saturated heterocycles. The van der Waals surface area contributed by atoms with Crippen molar-refractivity contribution in [3.8, 4) is 5.75 Å². The van der Waals surface area contributed by atoms with Crippen molar-refractivity contribution >= 4 is 17.3 Å². The Bertz CT molecular complexity index is 489. The molecule has 2 rings (SSSR count). The second kappa shape index (κ2) is 5.34. The summed E-state index contributed by atoms with van der Waals surface area (Å²) in [7, 11) is 3.12. The molecule has 6 heteroatoms. The van der Waals surface area contributed by atoms with Gasteiger partial charge in [-0.25, -0.2) is 4.39 Å². The summed E-state index contributed by atoms with van der Waals surface area (Å²) in [5.74, 6) is -0.467. The fraction of sp³-hybridized carbons (Fsp3) is 0.462. The predicted octanol–water partition coefficient (Wildman–Crippen LogP) is 1.13. The van der Waals surface area contributed by atoms with Crippen LogP contribution in [-0.2, 0) is 4.79 Å². The largest absolute Gasteiger partial charge is 0.494 e. The molecule has 5 nitrogen and oxygen atoms in total. The van der Waals surface area contributed by atoms with Crippen LogP contribution in [0.1, 0.15) is 12.8 Å². The molecule has 1 fully saturated rings. The molecule has 1 amide bonds. The van der Waals surface area contributed by atoms with Gasteiger partial charge in [0, 0.05) is 25.2 Å². The summed E-state index contributed by atoms with van der Waals surface area (Å²) in [5, 5.41) is 2.89. The minimum Gasteiger partial charge on any atom is -0.494 e. The highest BCUT2D eigenvalue weighted by molar-refractivity contribution is 5.83. The first-order valence-electron chi connectivity index (χ1n) is 6.14. The lowest BCUT2D eigenvalue weighted by molar-refractivity contribution is -0.119. The standard InChI is InChI=1S/C13H18FN3O2/c1-17(7-13(18)16-8-3-4-8)11-6-12(19-2)9(14)5-10(11)15/h5-6,8H,3-4,7,15H2,1-2H3,(H,16,18). The number of carbonyl (C=O) groups is 1. The van der Waals surface area contributed by atoms with Crippen LogP contribution in [0.2, 0.25) is 0 Å².